The average Bonchev–Trinajstić information content (AvgIpc) is 2.50. The molecule has 0 amide bonds. The number of ether oxygens (including phenoxy) is 1. The van der Waals surface area contributed by atoms with E-state index < -0.39 is 12.0 Å². The molecule has 0 saturated carbocycles. The zero-order valence-electron chi connectivity index (χ0n) is 12.5. The Hall–Kier alpha value is -2.20. The molecule has 0 saturated heterocycles. The van der Waals surface area contributed by atoms with Gasteiger partial charge in [-0.3, -0.25) is 0 Å². The first-order valence-corrected chi connectivity index (χ1v) is 7.38. The molecule has 0 spiro atoms. The number of aliphatic carboxylic acids is 1. The van der Waals surface area contributed by atoms with Crippen LogP contribution in [-0.2, 0) is 4.79 Å². The number of carboxylic acids is 1. The summed E-state index contributed by atoms with van der Waals surface area (Å²) in [6.07, 6.45) is 0.475. The van der Waals surface area contributed by atoms with E-state index in [1.165, 1.54) is 0 Å². The van der Waals surface area contributed by atoms with Crippen molar-refractivity contribution in [2.75, 3.05) is 11.9 Å². The molecule has 2 aromatic carbocycles. The van der Waals surface area contributed by atoms with Gasteiger partial charge in [0.25, 0.3) is 0 Å². The molecule has 0 heterocycles. The lowest BCUT2D eigenvalue weighted by Crippen LogP contribution is -2.38. The molecule has 0 aliphatic heterocycles. The van der Waals surface area contributed by atoms with Gasteiger partial charge in [-0.25, -0.2) is 4.79 Å². The fraction of sp³-hybridized carbons (Fsp3) is 0.235. The molecule has 22 heavy (non-hydrogen) atoms. The van der Waals surface area contributed by atoms with Crippen molar-refractivity contribution < 1.29 is 14.6 Å². The van der Waals surface area contributed by atoms with Gasteiger partial charge in [-0.05, 0) is 36.8 Å². The molecular weight excluding hydrogens is 302 g/mol. The van der Waals surface area contributed by atoms with Crippen molar-refractivity contribution in [1.29, 1.82) is 0 Å². The fourth-order valence-electron chi connectivity index (χ4n) is 2.25. The van der Waals surface area contributed by atoms with Crippen molar-refractivity contribution in [2.45, 2.75) is 19.4 Å². The first-order chi connectivity index (χ1) is 10.5. The van der Waals surface area contributed by atoms with E-state index in [0.717, 1.165) is 0 Å². The second kappa shape index (κ2) is 7.18. The molecule has 0 aromatic heterocycles. The number of likely N-dealkylation sites (N-methyl/N-ethyl adjacent to an activating group) is 1. The Morgan fingerprint density at radius 1 is 1.27 bits per heavy atom. The van der Waals surface area contributed by atoms with Crippen LogP contribution < -0.4 is 9.64 Å². The molecular formula is C17H18ClNO3. The summed E-state index contributed by atoms with van der Waals surface area (Å²) in [5.74, 6) is 0.372. The van der Waals surface area contributed by atoms with E-state index in [1.54, 1.807) is 30.1 Å². The summed E-state index contributed by atoms with van der Waals surface area (Å²) in [6, 6.07) is 13.9. The molecule has 0 fully saturated rings. The summed E-state index contributed by atoms with van der Waals surface area (Å²) in [6.45, 7) is 1.83. The number of hydrogen-bond donors (Lipinski definition) is 1. The van der Waals surface area contributed by atoms with Crippen LogP contribution in [0.25, 0.3) is 0 Å². The summed E-state index contributed by atoms with van der Waals surface area (Å²) in [7, 11) is 1.73. The summed E-state index contributed by atoms with van der Waals surface area (Å²) >= 11 is 6.06. The largest absolute Gasteiger partial charge is 0.480 e. The molecule has 0 aliphatic carbocycles. The Morgan fingerprint density at radius 3 is 2.55 bits per heavy atom. The summed E-state index contributed by atoms with van der Waals surface area (Å²) in [5, 5.41) is 9.87. The van der Waals surface area contributed by atoms with Crippen LogP contribution in [0.3, 0.4) is 0 Å². The third-order valence-electron chi connectivity index (χ3n) is 3.41. The number of carboxylic acid groups (broad SMARTS) is 1. The lowest BCUT2D eigenvalue weighted by molar-refractivity contribution is -0.138. The first-order valence-electron chi connectivity index (χ1n) is 7.01. The summed E-state index contributed by atoms with van der Waals surface area (Å²) in [5.41, 5.74) is 0.644. The predicted molar refractivity (Wildman–Crippen MR) is 88.1 cm³/mol. The van der Waals surface area contributed by atoms with E-state index in [-0.39, 0.29) is 0 Å². The number of halogens is 1. The van der Waals surface area contributed by atoms with Crippen LogP contribution in [0.5, 0.6) is 11.5 Å². The summed E-state index contributed by atoms with van der Waals surface area (Å²) in [4.78, 5) is 13.1. The van der Waals surface area contributed by atoms with Crippen molar-refractivity contribution in [3.05, 3.63) is 53.6 Å². The molecule has 2 aromatic rings. The van der Waals surface area contributed by atoms with Crippen LogP contribution in [0.1, 0.15) is 13.3 Å². The fourth-order valence-corrected chi connectivity index (χ4v) is 2.42. The zero-order chi connectivity index (χ0) is 16.1. The van der Waals surface area contributed by atoms with Crippen LogP contribution in [0, 0.1) is 0 Å². The SMILES string of the molecule is CC[C@@H](C(=O)O)N(C)c1cc(Cl)ccc1Oc1ccccc1. The third kappa shape index (κ3) is 3.71. The molecule has 0 aliphatic rings. The van der Waals surface area contributed by atoms with Gasteiger partial charge in [0.1, 0.15) is 11.8 Å². The minimum absolute atomic E-state index is 0.475. The Kier molecular flexibility index (Phi) is 5.28. The van der Waals surface area contributed by atoms with Crippen molar-refractivity contribution in [1.82, 2.24) is 0 Å². The second-order valence-electron chi connectivity index (χ2n) is 4.90. The number of anilines is 1. The molecule has 0 radical (unpaired) electrons. The highest BCUT2D eigenvalue weighted by molar-refractivity contribution is 6.31. The van der Waals surface area contributed by atoms with E-state index in [9.17, 15) is 9.90 Å². The lowest BCUT2D eigenvalue weighted by Gasteiger charge is -2.27. The molecule has 0 unspecified atom stereocenters. The third-order valence-corrected chi connectivity index (χ3v) is 3.65. The maximum Gasteiger partial charge on any atom is 0.326 e. The smallest absolute Gasteiger partial charge is 0.326 e. The topological polar surface area (TPSA) is 49.8 Å². The molecule has 2 rings (SSSR count). The van der Waals surface area contributed by atoms with E-state index >= 15 is 0 Å². The van der Waals surface area contributed by atoms with E-state index in [1.807, 2.05) is 37.3 Å². The maximum absolute atomic E-state index is 11.4. The van der Waals surface area contributed by atoms with Crippen molar-refractivity contribution in [3.63, 3.8) is 0 Å². The highest BCUT2D eigenvalue weighted by Crippen LogP contribution is 2.35. The Labute approximate surface area is 134 Å². The van der Waals surface area contributed by atoms with Crippen LogP contribution >= 0.6 is 11.6 Å². The van der Waals surface area contributed by atoms with Gasteiger partial charge in [-0.1, -0.05) is 36.7 Å². The molecule has 0 bridgehead atoms. The number of benzene rings is 2. The monoisotopic (exact) mass is 319 g/mol. The van der Waals surface area contributed by atoms with Crippen LogP contribution in [0.2, 0.25) is 5.02 Å². The lowest BCUT2D eigenvalue weighted by atomic mass is 10.1. The Bertz CT molecular complexity index is 646. The van der Waals surface area contributed by atoms with Gasteiger partial charge in [-0.2, -0.15) is 0 Å². The van der Waals surface area contributed by atoms with Gasteiger partial charge in [0.2, 0.25) is 0 Å². The standard InChI is InChI=1S/C17H18ClNO3/c1-3-14(17(20)21)19(2)15-11-12(18)9-10-16(15)22-13-7-5-4-6-8-13/h4-11,14H,3H2,1-2H3,(H,20,21)/t14-/m0/s1. The van der Waals surface area contributed by atoms with Crippen molar-refractivity contribution in [3.8, 4) is 11.5 Å². The normalized spacial score (nSPS) is 11.8. The highest BCUT2D eigenvalue weighted by atomic mass is 35.5. The van der Waals surface area contributed by atoms with E-state index in [2.05, 4.69) is 0 Å². The van der Waals surface area contributed by atoms with Crippen molar-refractivity contribution >= 4 is 23.3 Å². The van der Waals surface area contributed by atoms with Crippen LogP contribution in [-0.4, -0.2) is 24.2 Å². The average molecular weight is 320 g/mol. The molecule has 4 nitrogen and oxygen atoms in total. The zero-order valence-corrected chi connectivity index (χ0v) is 13.2. The van der Waals surface area contributed by atoms with Gasteiger partial charge < -0.3 is 14.7 Å². The molecule has 1 N–H and O–H groups in total. The Balaban J connectivity index is 2.37. The van der Waals surface area contributed by atoms with Crippen LogP contribution in [0.15, 0.2) is 48.5 Å². The quantitative estimate of drug-likeness (QED) is 0.855. The van der Waals surface area contributed by atoms with Crippen molar-refractivity contribution in [2.24, 2.45) is 0 Å². The number of carbonyl (C=O) groups is 1. The molecule has 1 atom stereocenters. The first kappa shape index (κ1) is 16.2. The predicted octanol–water partition coefficient (Wildman–Crippen LogP) is 4.43. The minimum Gasteiger partial charge on any atom is -0.480 e. The van der Waals surface area contributed by atoms with Gasteiger partial charge in [0.05, 0.1) is 5.69 Å². The number of para-hydroxylation sites is 1. The molecule has 116 valence electrons. The van der Waals surface area contributed by atoms with Gasteiger partial charge in [0.15, 0.2) is 5.75 Å². The Morgan fingerprint density at radius 2 is 1.95 bits per heavy atom. The number of rotatable bonds is 6. The number of nitrogens with zero attached hydrogens (tertiary/aromatic N) is 1. The van der Waals surface area contributed by atoms with Gasteiger partial charge >= 0.3 is 5.97 Å². The molecule has 5 heteroatoms. The van der Waals surface area contributed by atoms with Gasteiger partial charge in [-0.15, -0.1) is 0 Å². The minimum atomic E-state index is -0.879. The van der Waals surface area contributed by atoms with E-state index in [0.29, 0.717) is 28.6 Å². The van der Waals surface area contributed by atoms with Crippen LogP contribution in [0.4, 0.5) is 5.69 Å². The van der Waals surface area contributed by atoms with Gasteiger partial charge in [0, 0.05) is 12.1 Å². The van der Waals surface area contributed by atoms with E-state index in [4.69, 9.17) is 16.3 Å². The summed E-state index contributed by atoms with van der Waals surface area (Å²) < 4.78 is 5.87. The highest BCUT2D eigenvalue weighted by Gasteiger charge is 2.23. The number of hydrogen-bond acceptors (Lipinski definition) is 3. The second-order valence-corrected chi connectivity index (χ2v) is 5.34. The maximum atomic E-state index is 11.4.